The molecule has 116 valence electrons. The molecule has 0 unspecified atom stereocenters. The molecule has 3 rings (SSSR count). The topological polar surface area (TPSA) is 54.3 Å². The molecule has 2 aliphatic rings. The maximum absolute atomic E-state index is 12.9. The highest BCUT2D eigenvalue weighted by Crippen LogP contribution is 2.40. The molecule has 0 aromatic carbocycles. The van der Waals surface area contributed by atoms with Crippen LogP contribution in [0, 0.1) is 5.41 Å². The van der Waals surface area contributed by atoms with Gasteiger partial charge in [-0.25, -0.2) is 0 Å². The maximum atomic E-state index is 12.9. The van der Waals surface area contributed by atoms with Crippen LogP contribution in [-0.2, 0) is 18.4 Å². The molecule has 1 spiro atoms. The van der Waals surface area contributed by atoms with E-state index in [9.17, 15) is 4.79 Å². The Balaban J connectivity index is 1.70. The van der Waals surface area contributed by atoms with Gasteiger partial charge in [-0.2, -0.15) is 0 Å². The Kier molecular flexibility index (Phi) is 3.73. The lowest BCUT2D eigenvalue weighted by Crippen LogP contribution is -2.52. The van der Waals surface area contributed by atoms with E-state index >= 15 is 0 Å². The minimum atomic E-state index is -0.152. The molecule has 0 bridgehead atoms. The van der Waals surface area contributed by atoms with Crippen LogP contribution in [0.4, 0.5) is 0 Å². The van der Waals surface area contributed by atoms with E-state index in [1.54, 1.807) is 6.33 Å². The molecule has 1 atom stereocenters. The number of likely N-dealkylation sites (tertiary alicyclic amines) is 2. The maximum Gasteiger partial charge on any atom is 0.230 e. The van der Waals surface area contributed by atoms with Gasteiger partial charge in [0.2, 0.25) is 5.91 Å². The molecule has 0 aliphatic carbocycles. The van der Waals surface area contributed by atoms with Gasteiger partial charge in [-0.15, -0.1) is 10.2 Å². The predicted molar refractivity (Wildman–Crippen MR) is 79.4 cm³/mol. The van der Waals surface area contributed by atoms with Crippen molar-refractivity contribution in [2.75, 3.05) is 19.6 Å². The molecule has 1 amide bonds. The monoisotopic (exact) mass is 291 g/mol. The Bertz CT molecular complexity index is 526. The third-order valence-electron chi connectivity index (χ3n) is 5.00. The van der Waals surface area contributed by atoms with Crippen molar-refractivity contribution in [2.24, 2.45) is 12.5 Å². The molecule has 6 heteroatoms. The summed E-state index contributed by atoms with van der Waals surface area (Å²) in [6.45, 7) is 7.77. The van der Waals surface area contributed by atoms with Crippen molar-refractivity contribution in [3.8, 4) is 0 Å². The lowest BCUT2D eigenvalue weighted by Gasteiger charge is -2.41. The number of amides is 1. The van der Waals surface area contributed by atoms with Crippen LogP contribution >= 0.6 is 0 Å². The summed E-state index contributed by atoms with van der Waals surface area (Å²) in [4.78, 5) is 17.3. The van der Waals surface area contributed by atoms with Crippen molar-refractivity contribution in [3.63, 3.8) is 0 Å². The largest absolute Gasteiger partial charge is 0.340 e. The number of carbonyl (C=O) groups excluding carboxylic acids is 1. The fraction of sp³-hybridized carbons (Fsp3) is 0.800. The Hall–Kier alpha value is -1.43. The van der Waals surface area contributed by atoms with Gasteiger partial charge in [-0.3, -0.25) is 9.69 Å². The zero-order chi connectivity index (χ0) is 15.0. The first-order chi connectivity index (χ1) is 10.0. The first-order valence-corrected chi connectivity index (χ1v) is 7.88. The lowest BCUT2D eigenvalue weighted by atomic mass is 9.78. The SMILES string of the molecule is CC(C)N1CCC[C@@]2(CCN(Cc3nncn3C)C2)C1=O. The Labute approximate surface area is 126 Å². The van der Waals surface area contributed by atoms with Crippen molar-refractivity contribution < 1.29 is 4.79 Å². The minimum Gasteiger partial charge on any atom is -0.340 e. The van der Waals surface area contributed by atoms with Gasteiger partial charge in [0.25, 0.3) is 0 Å². The van der Waals surface area contributed by atoms with Crippen LogP contribution in [0.3, 0.4) is 0 Å². The number of piperidine rings is 1. The second-order valence-electron chi connectivity index (χ2n) is 6.79. The highest BCUT2D eigenvalue weighted by molar-refractivity contribution is 5.84. The molecule has 3 heterocycles. The van der Waals surface area contributed by atoms with Gasteiger partial charge in [0.15, 0.2) is 0 Å². The van der Waals surface area contributed by atoms with Gasteiger partial charge >= 0.3 is 0 Å². The summed E-state index contributed by atoms with van der Waals surface area (Å²) in [7, 11) is 1.97. The number of rotatable bonds is 3. The first-order valence-electron chi connectivity index (χ1n) is 7.88. The van der Waals surface area contributed by atoms with Crippen molar-refractivity contribution in [2.45, 2.75) is 45.7 Å². The molecular formula is C15H25N5O. The van der Waals surface area contributed by atoms with Gasteiger partial charge in [0.1, 0.15) is 12.2 Å². The van der Waals surface area contributed by atoms with E-state index in [4.69, 9.17) is 0 Å². The van der Waals surface area contributed by atoms with Crippen molar-refractivity contribution in [3.05, 3.63) is 12.2 Å². The van der Waals surface area contributed by atoms with E-state index in [1.807, 2.05) is 11.6 Å². The van der Waals surface area contributed by atoms with Crippen LogP contribution in [0.5, 0.6) is 0 Å². The van der Waals surface area contributed by atoms with E-state index < -0.39 is 0 Å². The number of carbonyl (C=O) groups is 1. The van der Waals surface area contributed by atoms with Gasteiger partial charge in [0.05, 0.1) is 12.0 Å². The number of nitrogens with zero attached hydrogens (tertiary/aromatic N) is 5. The molecule has 1 aromatic rings. The van der Waals surface area contributed by atoms with Crippen LogP contribution in [-0.4, -0.2) is 56.1 Å². The lowest BCUT2D eigenvalue weighted by molar-refractivity contribution is -0.147. The summed E-state index contributed by atoms with van der Waals surface area (Å²) >= 11 is 0. The predicted octanol–water partition coefficient (Wildman–Crippen LogP) is 1.04. The van der Waals surface area contributed by atoms with Gasteiger partial charge in [-0.1, -0.05) is 0 Å². The van der Waals surface area contributed by atoms with E-state index in [1.165, 1.54) is 0 Å². The highest BCUT2D eigenvalue weighted by Gasteiger charge is 2.48. The molecule has 2 fully saturated rings. The van der Waals surface area contributed by atoms with Crippen LogP contribution in [0.25, 0.3) is 0 Å². The molecular weight excluding hydrogens is 266 g/mol. The van der Waals surface area contributed by atoms with Crippen molar-refractivity contribution in [1.82, 2.24) is 24.6 Å². The number of aromatic nitrogens is 3. The number of hydrogen-bond acceptors (Lipinski definition) is 4. The van der Waals surface area contributed by atoms with E-state index in [0.29, 0.717) is 11.9 Å². The van der Waals surface area contributed by atoms with E-state index in [2.05, 4.69) is 33.8 Å². The van der Waals surface area contributed by atoms with E-state index in [-0.39, 0.29) is 5.41 Å². The average Bonchev–Trinajstić information content (AvgIpc) is 3.02. The summed E-state index contributed by atoms with van der Waals surface area (Å²) in [6, 6.07) is 0.308. The zero-order valence-electron chi connectivity index (χ0n) is 13.2. The van der Waals surface area contributed by atoms with Crippen molar-refractivity contribution >= 4 is 5.91 Å². The summed E-state index contributed by atoms with van der Waals surface area (Å²) in [5.41, 5.74) is -0.152. The second-order valence-corrected chi connectivity index (χ2v) is 6.79. The molecule has 0 saturated carbocycles. The molecule has 0 N–H and O–H groups in total. The van der Waals surface area contributed by atoms with Crippen LogP contribution in [0.1, 0.15) is 38.9 Å². The smallest absolute Gasteiger partial charge is 0.230 e. The van der Waals surface area contributed by atoms with Gasteiger partial charge in [-0.05, 0) is 39.7 Å². The molecule has 1 aromatic heterocycles. The second kappa shape index (κ2) is 5.40. The van der Waals surface area contributed by atoms with Crippen LogP contribution in [0.15, 0.2) is 6.33 Å². The van der Waals surface area contributed by atoms with Crippen LogP contribution < -0.4 is 0 Å². The Morgan fingerprint density at radius 2 is 2.14 bits per heavy atom. The van der Waals surface area contributed by atoms with E-state index in [0.717, 1.165) is 51.3 Å². The highest BCUT2D eigenvalue weighted by atomic mass is 16.2. The van der Waals surface area contributed by atoms with Gasteiger partial charge in [0, 0.05) is 26.2 Å². The number of hydrogen-bond donors (Lipinski definition) is 0. The average molecular weight is 291 g/mol. The Morgan fingerprint density at radius 1 is 1.33 bits per heavy atom. The summed E-state index contributed by atoms with van der Waals surface area (Å²) in [6.07, 6.45) is 4.87. The normalized spacial score (nSPS) is 27.2. The molecule has 2 aliphatic heterocycles. The minimum absolute atomic E-state index is 0.152. The summed E-state index contributed by atoms with van der Waals surface area (Å²) in [5, 5.41) is 8.08. The quantitative estimate of drug-likeness (QED) is 0.835. The molecule has 6 nitrogen and oxygen atoms in total. The number of aryl methyl sites for hydroxylation is 1. The molecule has 0 radical (unpaired) electrons. The third kappa shape index (κ3) is 2.57. The standard InChI is InChI=1S/C15H25N5O/c1-12(2)20-7-4-5-15(14(20)21)6-8-19(10-15)9-13-17-16-11-18(13)3/h11-12H,4-10H2,1-3H3/t15-/m0/s1. The third-order valence-corrected chi connectivity index (χ3v) is 5.00. The van der Waals surface area contributed by atoms with Crippen LogP contribution in [0.2, 0.25) is 0 Å². The van der Waals surface area contributed by atoms with Gasteiger partial charge < -0.3 is 9.47 Å². The fourth-order valence-electron chi connectivity index (χ4n) is 3.72. The summed E-state index contributed by atoms with van der Waals surface area (Å²) < 4.78 is 1.95. The Morgan fingerprint density at radius 3 is 2.81 bits per heavy atom. The first kappa shape index (κ1) is 14.5. The summed E-state index contributed by atoms with van der Waals surface area (Å²) in [5.74, 6) is 1.33. The molecule has 21 heavy (non-hydrogen) atoms. The fourth-order valence-corrected chi connectivity index (χ4v) is 3.72. The van der Waals surface area contributed by atoms with Crippen molar-refractivity contribution in [1.29, 1.82) is 0 Å². The molecule has 2 saturated heterocycles. The zero-order valence-corrected chi connectivity index (χ0v) is 13.2.